The van der Waals surface area contributed by atoms with Crippen molar-refractivity contribution >= 4 is 11.8 Å². The zero-order valence-corrected chi connectivity index (χ0v) is 8.53. The first-order valence-corrected chi connectivity index (χ1v) is 4.65. The number of ether oxygens (including phenoxy) is 2. The lowest BCUT2D eigenvalue weighted by Crippen LogP contribution is -2.37. The smallest absolute Gasteiger partial charge is 0.343 e. The highest BCUT2D eigenvalue weighted by Gasteiger charge is 2.34. The second kappa shape index (κ2) is 4.02. The molecule has 0 aliphatic carbocycles. The summed E-state index contributed by atoms with van der Waals surface area (Å²) in [7, 11) is 1.18. The number of benzene rings is 1. The molecule has 5 heteroatoms. The second-order valence-electron chi connectivity index (χ2n) is 3.38. The van der Waals surface area contributed by atoms with Gasteiger partial charge in [0.2, 0.25) is 11.9 Å². The van der Waals surface area contributed by atoms with Crippen molar-refractivity contribution in [2.75, 3.05) is 7.11 Å². The fraction of sp³-hybridized carbons (Fsp3) is 0.273. The summed E-state index contributed by atoms with van der Waals surface area (Å²) in [5, 5.41) is 0. The quantitative estimate of drug-likeness (QED) is 0.529. The van der Waals surface area contributed by atoms with Crippen LogP contribution in [0, 0.1) is 5.82 Å². The van der Waals surface area contributed by atoms with Gasteiger partial charge in [0.1, 0.15) is 5.82 Å². The molecular weight excluding hydrogens is 215 g/mol. The third-order valence-corrected chi connectivity index (χ3v) is 2.39. The minimum atomic E-state index is -1.23. The van der Waals surface area contributed by atoms with Gasteiger partial charge in [-0.05, 0) is 23.8 Å². The van der Waals surface area contributed by atoms with Crippen molar-refractivity contribution in [1.29, 1.82) is 0 Å². The van der Waals surface area contributed by atoms with Crippen LogP contribution in [0.15, 0.2) is 18.2 Å². The Hall–Kier alpha value is -1.75. The van der Waals surface area contributed by atoms with Crippen LogP contribution in [-0.4, -0.2) is 25.0 Å². The van der Waals surface area contributed by atoms with Gasteiger partial charge in [0.15, 0.2) is 0 Å². The monoisotopic (exact) mass is 224 g/mol. The Bertz CT molecular complexity index is 455. The lowest BCUT2D eigenvalue weighted by Gasteiger charge is -2.21. The SMILES string of the molecule is COC(=O)C1OCc2cc(F)ccc2C1=O. The minimum absolute atomic E-state index is 0.0264. The molecule has 0 amide bonds. The molecule has 1 heterocycles. The van der Waals surface area contributed by atoms with E-state index in [4.69, 9.17) is 4.74 Å². The number of rotatable bonds is 1. The Balaban J connectivity index is 2.36. The van der Waals surface area contributed by atoms with Crippen LogP contribution >= 0.6 is 0 Å². The molecule has 1 aromatic rings. The third kappa shape index (κ3) is 1.69. The second-order valence-corrected chi connectivity index (χ2v) is 3.38. The van der Waals surface area contributed by atoms with Crippen molar-refractivity contribution < 1.29 is 23.5 Å². The Morgan fingerprint density at radius 3 is 3.00 bits per heavy atom. The largest absolute Gasteiger partial charge is 0.467 e. The third-order valence-electron chi connectivity index (χ3n) is 2.39. The topological polar surface area (TPSA) is 52.6 Å². The summed E-state index contributed by atoms with van der Waals surface area (Å²) in [5.41, 5.74) is 0.758. The van der Waals surface area contributed by atoms with E-state index >= 15 is 0 Å². The van der Waals surface area contributed by atoms with Gasteiger partial charge in [0, 0.05) is 5.56 Å². The van der Waals surface area contributed by atoms with E-state index in [1.165, 1.54) is 25.3 Å². The van der Waals surface area contributed by atoms with E-state index in [1.807, 2.05) is 0 Å². The molecule has 4 nitrogen and oxygen atoms in total. The van der Waals surface area contributed by atoms with Crippen LogP contribution < -0.4 is 0 Å². The van der Waals surface area contributed by atoms with E-state index in [1.54, 1.807) is 0 Å². The van der Waals surface area contributed by atoms with Gasteiger partial charge in [0.25, 0.3) is 0 Å². The molecule has 1 unspecified atom stereocenters. The maximum atomic E-state index is 12.9. The van der Waals surface area contributed by atoms with Crippen molar-refractivity contribution in [2.24, 2.45) is 0 Å². The summed E-state index contributed by atoms with van der Waals surface area (Å²) in [6, 6.07) is 3.75. The van der Waals surface area contributed by atoms with E-state index < -0.39 is 23.7 Å². The van der Waals surface area contributed by atoms with Crippen LogP contribution in [0.25, 0.3) is 0 Å². The number of esters is 1. The first-order valence-electron chi connectivity index (χ1n) is 4.65. The van der Waals surface area contributed by atoms with E-state index in [0.717, 1.165) is 0 Å². The van der Waals surface area contributed by atoms with Gasteiger partial charge < -0.3 is 9.47 Å². The highest BCUT2D eigenvalue weighted by Crippen LogP contribution is 2.22. The lowest BCUT2D eigenvalue weighted by molar-refractivity contribution is -0.151. The van der Waals surface area contributed by atoms with Gasteiger partial charge in [0.05, 0.1) is 13.7 Å². The number of carbonyl (C=O) groups excluding carboxylic acids is 2. The zero-order chi connectivity index (χ0) is 11.7. The summed E-state index contributed by atoms with van der Waals surface area (Å²) < 4.78 is 22.4. The summed E-state index contributed by atoms with van der Waals surface area (Å²) in [6.45, 7) is 0.0264. The van der Waals surface area contributed by atoms with Crippen molar-refractivity contribution in [3.8, 4) is 0 Å². The molecule has 16 heavy (non-hydrogen) atoms. The van der Waals surface area contributed by atoms with Crippen molar-refractivity contribution in [3.63, 3.8) is 0 Å². The predicted molar refractivity (Wildman–Crippen MR) is 51.3 cm³/mol. The van der Waals surface area contributed by atoms with Crippen LogP contribution in [0.1, 0.15) is 15.9 Å². The molecule has 0 fully saturated rings. The molecule has 1 aliphatic rings. The molecule has 1 aromatic carbocycles. The normalized spacial score (nSPS) is 19.1. The van der Waals surface area contributed by atoms with Gasteiger partial charge >= 0.3 is 5.97 Å². The van der Waals surface area contributed by atoms with Gasteiger partial charge in [-0.2, -0.15) is 0 Å². The average Bonchev–Trinajstić information content (AvgIpc) is 2.28. The molecular formula is C11H9FO4. The highest BCUT2D eigenvalue weighted by atomic mass is 19.1. The number of ketones is 1. The molecule has 84 valence electrons. The number of hydrogen-bond acceptors (Lipinski definition) is 4. The van der Waals surface area contributed by atoms with E-state index in [-0.39, 0.29) is 6.61 Å². The van der Waals surface area contributed by atoms with Crippen LogP contribution in [0.5, 0.6) is 0 Å². The Labute approximate surface area is 91.0 Å². The number of methoxy groups -OCH3 is 1. The van der Waals surface area contributed by atoms with Gasteiger partial charge in [-0.3, -0.25) is 4.79 Å². The predicted octanol–water partition coefficient (Wildman–Crippen LogP) is 1.08. The Kier molecular flexibility index (Phi) is 2.70. The number of halogens is 1. The molecule has 0 saturated carbocycles. The Morgan fingerprint density at radius 1 is 1.56 bits per heavy atom. The maximum Gasteiger partial charge on any atom is 0.343 e. The number of carbonyl (C=O) groups is 2. The molecule has 2 rings (SSSR count). The van der Waals surface area contributed by atoms with Gasteiger partial charge in [-0.1, -0.05) is 0 Å². The van der Waals surface area contributed by atoms with Crippen molar-refractivity contribution in [1.82, 2.24) is 0 Å². The fourth-order valence-corrected chi connectivity index (χ4v) is 1.59. The first-order chi connectivity index (χ1) is 7.63. The molecule has 1 aliphatic heterocycles. The van der Waals surface area contributed by atoms with Crippen LogP contribution in [0.2, 0.25) is 0 Å². The first kappa shape index (κ1) is 10.8. The summed E-state index contributed by atoms with van der Waals surface area (Å²) in [5.74, 6) is -1.67. The van der Waals surface area contributed by atoms with Crippen LogP contribution in [0.3, 0.4) is 0 Å². The lowest BCUT2D eigenvalue weighted by atomic mass is 9.97. The van der Waals surface area contributed by atoms with Crippen LogP contribution in [0.4, 0.5) is 4.39 Å². The molecule has 0 aromatic heterocycles. The van der Waals surface area contributed by atoms with E-state index in [2.05, 4.69) is 4.74 Å². The number of hydrogen-bond donors (Lipinski definition) is 0. The summed E-state index contributed by atoms with van der Waals surface area (Å²) in [6.07, 6.45) is -1.23. The van der Waals surface area contributed by atoms with Crippen LogP contribution in [-0.2, 0) is 20.9 Å². The maximum absolute atomic E-state index is 12.9. The molecule has 0 radical (unpaired) electrons. The minimum Gasteiger partial charge on any atom is -0.467 e. The Morgan fingerprint density at radius 2 is 2.31 bits per heavy atom. The number of Topliss-reactive ketones (excluding diaryl/α,β-unsaturated/α-hetero) is 1. The fourth-order valence-electron chi connectivity index (χ4n) is 1.59. The van der Waals surface area contributed by atoms with E-state index in [9.17, 15) is 14.0 Å². The summed E-state index contributed by atoms with van der Waals surface area (Å²) >= 11 is 0. The summed E-state index contributed by atoms with van der Waals surface area (Å²) in [4.78, 5) is 23.0. The average molecular weight is 224 g/mol. The highest BCUT2D eigenvalue weighted by molar-refractivity contribution is 6.12. The standard InChI is InChI=1S/C11H9FO4/c1-15-11(14)10-9(13)8-3-2-7(12)4-6(8)5-16-10/h2-4,10H,5H2,1H3. The van der Waals surface area contributed by atoms with E-state index in [0.29, 0.717) is 11.1 Å². The molecule has 0 N–H and O–H groups in total. The molecule has 0 spiro atoms. The molecule has 0 saturated heterocycles. The van der Waals surface area contributed by atoms with Crippen molar-refractivity contribution in [3.05, 3.63) is 35.1 Å². The van der Waals surface area contributed by atoms with Crippen molar-refractivity contribution in [2.45, 2.75) is 12.7 Å². The number of fused-ring (bicyclic) bond motifs is 1. The zero-order valence-electron chi connectivity index (χ0n) is 8.53. The van der Waals surface area contributed by atoms with Gasteiger partial charge in [-0.25, -0.2) is 9.18 Å². The van der Waals surface area contributed by atoms with Gasteiger partial charge in [-0.15, -0.1) is 0 Å². The molecule has 0 bridgehead atoms. The molecule has 1 atom stereocenters.